The number of hydrogen-bond acceptors (Lipinski definition) is 6. The SMILES string of the molecule is CC(C)N1CCCC(N2CCN(c3nccnc3C#N)CC2C)C1=O. The number of anilines is 1. The van der Waals surface area contributed by atoms with Crippen molar-refractivity contribution in [3.8, 4) is 6.07 Å². The van der Waals surface area contributed by atoms with Crippen molar-refractivity contribution >= 4 is 11.7 Å². The molecule has 0 N–H and O–H groups in total. The molecule has 2 aliphatic rings. The van der Waals surface area contributed by atoms with Crippen molar-refractivity contribution in [2.75, 3.05) is 31.1 Å². The van der Waals surface area contributed by atoms with Gasteiger partial charge in [0.15, 0.2) is 11.5 Å². The predicted octanol–water partition coefficient (Wildman–Crippen LogP) is 1.26. The summed E-state index contributed by atoms with van der Waals surface area (Å²) in [5.41, 5.74) is 0.364. The molecule has 134 valence electrons. The molecule has 1 aromatic heterocycles. The highest BCUT2D eigenvalue weighted by Gasteiger charge is 2.38. The lowest BCUT2D eigenvalue weighted by Gasteiger charge is -2.47. The fourth-order valence-electron chi connectivity index (χ4n) is 3.97. The van der Waals surface area contributed by atoms with Crippen molar-refractivity contribution < 1.29 is 4.79 Å². The Kier molecular flexibility index (Phi) is 5.19. The van der Waals surface area contributed by atoms with E-state index in [9.17, 15) is 10.1 Å². The molecule has 0 aliphatic carbocycles. The minimum Gasteiger partial charge on any atom is -0.351 e. The summed E-state index contributed by atoms with van der Waals surface area (Å²) < 4.78 is 0. The van der Waals surface area contributed by atoms with Crippen LogP contribution in [0.25, 0.3) is 0 Å². The van der Waals surface area contributed by atoms with Crippen LogP contribution in [0.15, 0.2) is 12.4 Å². The second-order valence-electron chi connectivity index (χ2n) is 7.16. The first-order valence-electron chi connectivity index (χ1n) is 9.05. The van der Waals surface area contributed by atoms with Gasteiger partial charge in [-0.1, -0.05) is 0 Å². The number of nitriles is 1. The Morgan fingerprint density at radius 3 is 2.68 bits per heavy atom. The highest BCUT2D eigenvalue weighted by molar-refractivity contribution is 5.83. The van der Waals surface area contributed by atoms with Gasteiger partial charge in [-0.05, 0) is 33.6 Å². The van der Waals surface area contributed by atoms with Crippen LogP contribution in [-0.2, 0) is 4.79 Å². The average Bonchev–Trinajstić information content (AvgIpc) is 2.62. The molecule has 0 saturated carbocycles. The van der Waals surface area contributed by atoms with E-state index < -0.39 is 0 Å². The van der Waals surface area contributed by atoms with Crippen LogP contribution >= 0.6 is 0 Å². The summed E-state index contributed by atoms with van der Waals surface area (Å²) in [5, 5.41) is 9.25. The van der Waals surface area contributed by atoms with E-state index in [2.05, 4.69) is 46.6 Å². The summed E-state index contributed by atoms with van der Waals surface area (Å²) in [6, 6.07) is 2.57. The van der Waals surface area contributed by atoms with E-state index in [1.807, 2.05) is 4.90 Å². The topological polar surface area (TPSA) is 76.4 Å². The quantitative estimate of drug-likeness (QED) is 0.823. The molecule has 1 amide bonds. The van der Waals surface area contributed by atoms with E-state index in [1.165, 1.54) is 0 Å². The molecule has 0 aromatic carbocycles. The van der Waals surface area contributed by atoms with Crippen molar-refractivity contribution in [1.82, 2.24) is 19.8 Å². The number of carbonyl (C=O) groups excluding carboxylic acids is 1. The van der Waals surface area contributed by atoms with Crippen molar-refractivity contribution in [3.63, 3.8) is 0 Å². The Morgan fingerprint density at radius 1 is 1.24 bits per heavy atom. The number of rotatable bonds is 3. The Hall–Kier alpha value is -2.20. The highest BCUT2D eigenvalue weighted by Crippen LogP contribution is 2.25. The first-order valence-corrected chi connectivity index (χ1v) is 9.05. The van der Waals surface area contributed by atoms with E-state index >= 15 is 0 Å². The van der Waals surface area contributed by atoms with Crippen LogP contribution in [0.1, 0.15) is 39.3 Å². The third kappa shape index (κ3) is 3.45. The zero-order valence-electron chi connectivity index (χ0n) is 15.2. The van der Waals surface area contributed by atoms with Crippen LogP contribution in [-0.4, -0.2) is 70.0 Å². The first-order chi connectivity index (χ1) is 12.0. The van der Waals surface area contributed by atoms with E-state index in [0.29, 0.717) is 11.5 Å². The van der Waals surface area contributed by atoms with Gasteiger partial charge in [0.2, 0.25) is 5.91 Å². The molecule has 3 rings (SSSR count). The number of nitrogens with zero attached hydrogens (tertiary/aromatic N) is 6. The average molecular weight is 342 g/mol. The molecule has 1 aromatic rings. The van der Waals surface area contributed by atoms with Crippen LogP contribution < -0.4 is 4.90 Å². The zero-order valence-corrected chi connectivity index (χ0v) is 15.2. The number of carbonyl (C=O) groups is 1. The Balaban J connectivity index is 1.72. The smallest absolute Gasteiger partial charge is 0.240 e. The van der Waals surface area contributed by atoms with E-state index in [0.717, 1.165) is 39.0 Å². The lowest BCUT2D eigenvalue weighted by Crippen LogP contribution is -2.62. The highest BCUT2D eigenvalue weighted by atomic mass is 16.2. The van der Waals surface area contributed by atoms with E-state index in [4.69, 9.17) is 0 Å². The third-order valence-electron chi connectivity index (χ3n) is 5.23. The van der Waals surface area contributed by atoms with Gasteiger partial charge in [-0.3, -0.25) is 9.69 Å². The summed E-state index contributed by atoms with van der Waals surface area (Å²) in [7, 11) is 0. The van der Waals surface area contributed by atoms with Gasteiger partial charge >= 0.3 is 0 Å². The third-order valence-corrected chi connectivity index (χ3v) is 5.23. The zero-order chi connectivity index (χ0) is 18.0. The number of piperazine rings is 1. The molecule has 0 bridgehead atoms. The van der Waals surface area contributed by atoms with Crippen molar-refractivity contribution in [2.45, 2.75) is 51.7 Å². The summed E-state index contributed by atoms with van der Waals surface area (Å²) >= 11 is 0. The molecular weight excluding hydrogens is 316 g/mol. The largest absolute Gasteiger partial charge is 0.351 e. The lowest BCUT2D eigenvalue weighted by molar-refractivity contribution is -0.143. The maximum absolute atomic E-state index is 12.9. The number of hydrogen-bond donors (Lipinski definition) is 0. The fraction of sp³-hybridized carbons (Fsp3) is 0.667. The second-order valence-corrected chi connectivity index (χ2v) is 7.16. The Bertz CT molecular complexity index is 670. The normalized spacial score (nSPS) is 25.3. The maximum Gasteiger partial charge on any atom is 0.240 e. The molecule has 2 fully saturated rings. The second kappa shape index (κ2) is 7.36. The van der Waals surface area contributed by atoms with E-state index in [-0.39, 0.29) is 24.0 Å². The van der Waals surface area contributed by atoms with Crippen LogP contribution in [0.2, 0.25) is 0 Å². The van der Waals surface area contributed by atoms with Crippen molar-refractivity contribution in [2.24, 2.45) is 0 Å². The molecule has 0 spiro atoms. The summed E-state index contributed by atoms with van der Waals surface area (Å²) in [6.07, 6.45) is 5.16. The van der Waals surface area contributed by atoms with Gasteiger partial charge in [0.1, 0.15) is 6.07 Å². The summed E-state index contributed by atoms with van der Waals surface area (Å²) in [6.45, 7) is 9.48. The molecular formula is C18H26N6O. The van der Waals surface area contributed by atoms with Crippen molar-refractivity contribution in [1.29, 1.82) is 5.26 Å². The molecule has 2 saturated heterocycles. The Morgan fingerprint density at radius 2 is 2.00 bits per heavy atom. The maximum atomic E-state index is 12.9. The van der Waals surface area contributed by atoms with Crippen LogP contribution in [0.5, 0.6) is 0 Å². The summed E-state index contributed by atoms with van der Waals surface area (Å²) in [5.74, 6) is 0.911. The molecule has 2 atom stereocenters. The summed E-state index contributed by atoms with van der Waals surface area (Å²) in [4.78, 5) is 27.8. The molecule has 2 aliphatic heterocycles. The van der Waals surface area contributed by atoms with Gasteiger partial charge < -0.3 is 9.80 Å². The molecule has 3 heterocycles. The first kappa shape index (κ1) is 17.6. The van der Waals surface area contributed by atoms with Gasteiger partial charge in [-0.25, -0.2) is 9.97 Å². The van der Waals surface area contributed by atoms with Gasteiger partial charge in [0.05, 0.1) is 6.04 Å². The van der Waals surface area contributed by atoms with Crippen LogP contribution in [0, 0.1) is 11.3 Å². The van der Waals surface area contributed by atoms with Gasteiger partial charge in [0.25, 0.3) is 0 Å². The number of likely N-dealkylation sites (tertiary alicyclic amines) is 1. The molecule has 7 heteroatoms. The van der Waals surface area contributed by atoms with E-state index in [1.54, 1.807) is 12.4 Å². The Labute approximate surface area is 149 Å². The van der Waals surface area contributed by atoms with Gasteiger partial charge in [0, 0.05) is 50.7 Å². The van der Waals surface area contributed by atoms with Crippen molar-refractivity contribution in [3.05, 3.63) is 18.1 Å². The molecule has 0 radical (unpaired) electrons. The molecule has 7 nitrogen and oxygen atoms in total. The standard InChI is InChI=1S/C18H26N6O/c1-13(2)23-8-4-5-16(18(23)25)24-10-9-22(12-14(24)3)17-15(11-19)20-6-7-21-17/h6-7,13-14,16H,4-5,8-10,12H2,1-3H3. The minimum atomic E-state index is -0.0226. The monoisotopic (exact) mass is 342 g/mol. The minimum absolute atomic E-state index is 0.0226. The predicted molar refractivity (Wildman–Crippen MR) is 95.0 cm³/mol. The number of piperidine rings is 1. The van der Waals surface area contributed by atoms with Gasteiger partial charge in [-0.15, -0.1) is 0 Å². The molecule has 25 heavy (non-hydrogen) atoms. The lowest BCUT2D eigenvalue weighted by atomic mass is 9.98. The van der Waals surface area contributed by atoms with Gasteiger partial charge in [-0.2, -0.15) is 5.26 Å². The fourth-order valence-corrected chi connectivity index (χ4v) is 3.97. The van der Waals surface area contributed by atoms with Crippen LogP contribution in [0.4, 0.5) is 5.82 Å². The molecule has 2 unspecified atom stereocenters. The number of aromatic nitrogens is 2. The number of amides is 1. The van der Waals surface area contributed by atoms with Crippen LogP contribution in [0.3, 0.4) is 0 Å².